The Hall–Kier alpha value is 1.07. The molecule has 4 heteroatoms. The predicted molar refractivity (Wildman–Crippen MR) is 107 cm³/mol. The molecule has 0 aliphatic carbocycles. The third-order valence-electron chi connectivity index (χ3n) is 5.14. The monoisotopic (exact) mass is 393 g/mol. The summed E-state index contributed by atoms with van der Waals surface area (Å²) < 4.78 is 0. The van der Waals surface area contributed by atoms with Crippen LogP contribution in [0.4, 0.5) is 0 Å². The summed E-state index contributed by atoms with van der Waals surface area (Å²) >= 11 is 0. The maximum absolute atomic E-state index is 11.6. The van der Waals surface area contributed by atoms with Crippen LogP contribution in [-0.4, -0.2) is 30.0 Å². The zero-order valence-electron chi connectivity index (χ0n) is 18.4. The molecule has 26 heavy (non-hydrogen) atoms. The molecule has 0 fully saturated rings. The van der Waals surface area contributed by atoms with Gasteiger partial charge in [0.05, 0.1) is 5.97 Å². The quantitative estimate of drug-likeness (QED) is 0.250. The Morgan fingerprint density at radius 2 is 1.08 bits per heavy atom. The number of carboxylic acid groups (broad SMARTS) is 1. The molecule has 1 unspecified atom stereocenters. The molecular weight excluding hydrogens is 349 g/mol. The SMILES string of the molecule is CCCCCCCCN(CCCCCCCC)C(CCCC)C(=O)[O-].[K+]. The van der Waals surface area contributed by atoms with E-state index in [4.69, 9.17) is 0 Å². The molecule has 0 aromatic rings. The molecule has 0 saturated heterocycles. The fourth-order valence-electron chi connectivity index (χ4n) is 3.46. The average molecular weight is 394 g/mol. The van der Waals surface area contributed by atoms with Gasteiger partial charge in [0.15, 0.2) is 0 Å². The van der Waals surface area contributed by atoms with E-state index in [1.807, 2.05) is 0 Å². The summed E-state index contributed by atoms with van der Waals surface area (Å²) in [4.78, 5) is 13.9. The number of carbonyl (C=O) groups excluding carboxylic acids is 1. The number of carboxylic acids is 1. The van der Waals surface area contributed by atoms with Crippen LogP contribution >= 0.6 is 0 Å². The van der Waals surface area contributed by atoms with Crippen LogP contribution in [0, 0.1) is 0 Å². The number of unbranched alkanes of at least 4 members (excludes halogenated alkanes) is 11. The molecule has 150 valence electrons. The first-order chi connectivity index (χ1) is 12.2. The summed E-state index contributed by atoms with van der Waals surface area (Å²) in [5.41, 5.74) is 0. The first kappa shape index (κ1) is 29.3. The van der Waals surface area contributed by atoms with Crippen LogP contribution in [0.15, 0.2) is 0 Å². The molecule has 0 radical (unpaired) electrons. The van der Waals surface area contributed by atoms with Gasteiger partial charge >= 0.3 is 51.4 Å². The van der Waals surface area contributed by atoms with Crippen molar-refractivity contribution in [3.8, 4) is 0 Å². The van der Waals surface area contributed by atoms with E-state index >= 15 is 0 Å². The van der Waals surface area contributed by atoms with E-state index in [0.717, 1.165) is 45.2 Å². The maximum atomic E-state index is 11.6. The molecule has 0 bridgehead atoms. The molecule has 0 spiro atoms. The molecule has 0 N–H and O–H groups in total. The van der Waals surface area contributed by atoms with Crippen molar-refractivity contribution in [1.82, 2.24) is 4.90 Å². The third-order valence-corrected chi connectivity index (χ3v) is 5.14. The Morgan fingerprint density at radius 3 is 1.46 bits per heavy atom. The van der Waals surface area contributed by atoms with Crippen molar-refractivity contribution in [3.05, 3.63) is 0 Å². The van der Waals surface area contributed by atoms with Gasteiger partial charge < -0.3 is 9.90 Å². The second-order valence-corrected chi connectivity index (χ2v) is 7.55. The van der Waals surface area contributed by atoms with Crippen molar-refractivity contribution in [2.24, 2.45) is 0 Å². The van der Waals surface area contributed by atoms with Gasteiger partial charge in [0, 0.05) is 6.04 Å². The number of hydrogen-bond donors (Lipinski definition) is 0. The summed E-state index contributed by atoms with van der Waals surface area (Å²) in [5.74, 6) is -0.870. The Kier molecular flexibility index (Phi) is 25.2. The number of hydrogen-bond acceptors (Lipinski definition) is 3. The van der Waals surface area contributed by atoms with Gasteiger partial charge in [-0.05, 0) is 32.4 Å². The molecule has 0 aromatic carbocycles. The van der Waals surface area contributed by atoms with Crippen LogP contribution in [0.2, 0.25) is 0 Å². The van der Waals surface area contributed by atoms with E-state index in [9.17, 15) is 9.90 Å². The Bertz CT molecular complexity index is 284. The minimum Gasteiger partial charge on any atom is -0.548 e. The molecule has 0 saturated carbocycles. The van der Waals surface area contributed by atoms with Gasteiger partial charge in [0.1, 0.15) is 0 Å². The van der Waals surface area contributed by atoms with Gasteiger partial charge in [-0.3, -0.25) is 4.90 Å². The molecule has 0 aliphatic rings. The fraction of sp³-hybridized carbons (Fsp3) is 0.955. The average Bonchev–Trinajstić information content (AvgIpc) is 2.60. The normalized spacial score (nSPS) is 12.2. The van der Waals surface area contributed by atoms with E-state index in [1.165, 1.54) is 64.2 Å². The fourth-order valence-corrected chi connectivity index (χ4v) is 3.46. The summed E-state index contributed by atoms with van der Waals surface area (Å²) in [6.45, 7) is 8.44. The first-order valence-electron chi connectivity index (χ1n) is 11.1. The van der Waals surface area contributed by atoms with E-state index in [1.54, 1.807) is 0 Å². The Morgan fingerprint density at radius 1 is 0.692 bits per heavy atom. The van der Waals surface area contributed by atoms with Crippen molar-refractivity contribution >= 4 is 5.97 Å². The summed E-state index contributed by atoms with van der Waals surface area (Å²) in [7, 11) is 0. The van der Waals surface area contributed by atoms with Gasteiger partial charge in [0.2, 0.25) is 0 Å². The van der Waals surface area contributed by atoms with Gasteiger partial charge in [-0.25, -0.2) is 0 Å². The first-order valence-corrected chi connectivity index (χ1v) is 11.1. The van der Waals surface area contributed by atoms with E-state index in [0.29, 0.717) is 0 Å². The third kappa shape index (κ3) is 17.2. The standard InChI is InChI=1S/C22H45NO2.K/c1-4-7-10-12-14-16-19-23(20-17-15-13-11-8-5-2)21(22(24)25)18-9-6-3;/h21H,4-20H2,1-3H3,(H,24,25);/q;+1/p-1. The van der Waals surface area contributed by atoms with Crippen LogP contribution in [0.5, 0.6) is 0 Å². The summed E-state index contributed by atoms with van der Waals surface area (Å²) in [6.07, 6.45) is 17.8. The molecule has 3 nitrogen and oxygen atoms in total. The van der Waals surface area contributed by atoms with Crippen molar-refractivity contribution < 1.29 is 61.3 Å². The molecule has 1 atom stereocenters. The molecule has 0 aliphatic heterocycles. The largest absolute Gasteiger partial charge is 1.00 e. The molecule has 0 aromatic heterocycles. The van der Waals surface area contributed by atoms with Crippen LogP contribution in [-0.2, 0) is 4.79 Å². The van der Waals surface area contributed by atoms with Crippen LogP contribution in [0.1, 0.15) is 117 Å². The zero-order valence-corrected chi connectivity index (χ0v) is 21.5. The van der Waals surface area contributed by atoms with Crippen LogP contribution < -0.4 is 56.5 Å². The smallest absolute Gasteiger partial charge is 0.548 e. The predicted octanol–water partition coefficient (Wildman–Crippen LogP) is 2.32. The van der Waals surface area contributed by atoms with Crippen molar-refractivity contribution in [2.75, 3.05) is 13.1 Å². The topological polar surface area (TPSA) is 43.4 Å². The van der Waals surface area contributed by atoms with Gasteiger partial charge in [0.25, 0.3) is 0 Å². The van der Waals surface area contributed by atoms with Crippen LogP contribution in [0.25, 0.3) is 0 Å². The second kappa shape index (κ2) is 22.4. The number of aliphatic carboxylic acids is 1. The van der Waals surface area contributed by atoms with Gasteiger partial charge in [-0.2, -0.15) is 0 Å². The molecule has 0 heterocycles. The number of rotatable bonds is 19. The van der Waals surface area contributed by atoms with E-state index in [2.05, 4.69) is 25.7 Å². The van der Waals surface area contributed by atoms with Gasteiger partial charge in [-0.15, -0.1) is 0 Å². The minimum atomic E-state index is -0.870. The van der Waals surface area contributed by atoms with Crippen LogP contribution in [0.3, 0.4) is 0 Å². The number of nitrogens with zero attached hydrogens (tertiary/aromatic N) is 1. The van der Waals surface area contributed by atoms with E-state index < -0.39 is 5.97 Å². The Balaban J connectivity index is 0. The van der Waals surface area contributed by atoms with Crippen molar-refractivity contribution in [1.29, 1.82) is 0 Å². The van der Waals surface area contributed by atoms with Gasteiger partial charge in [-0.1, -0.05) is 97.8 Å². The second-order valence-electron chi connectivity index (χ2n) is 7.55. The van der Waals surface area contributed by atoms with Crippen molar-refractivity contribution in [2.45, 2.75) is 123 Å². The minimum absolute atomic E-state index is 0. The number of carbonyl (C=O) groups is 1. The summed E-state index contributed by atoms with van der Waals surface area (Å²) in [5, 5.41) is 11.6. The zero-order chi connectivity index (χ0) is 18.8. The summed E-state index contributed by atoms with van der Waals surface area (Å²) in [6, 6.07) is -0.383. The molecule has 0 rings (SSSR count). The van der Waals surface area contributed by atoms with Crippen molar-refractivity contribution in [3.63, 3.8) is 0 Å². The van der Waals surface area contributed by atoms with E-state index in [-0.39, 0.29) is 57.4 Å². The Labute approximate surface area is 206 Å². The molecule has 0 amide bonds. The maximum Gasteiger partial charge on any atom is 1.00 e. The molecular formula is C22H44KNO2.